The lowest BCUT2D eigenvalue weighted by Gasteiger charge is -2.08. The number of aromatic nitrogens is 2. The molecule has 2 aromatic heterocycles. The molecule has 3 N–H and O–H groups in total. The van der Waals surface area contributed by atoms with Crippen LogP contribution in [0.3, 0.4) is 0 Å². The fourth-order valence-electron chi connectivity index (χ4n) is 3.20. The normalized spacial score (nSPS) is 10.7. The van der Waals surface area contributed by atoms with E-state index in [4.69, 9.17) is 11.0 Å². The molecule has 2 aromatic carbocycles. The molecule has 0 aliphatic rings. The number of nitrogens with one attached hydrogen (secondary N) is 1. The first-order valence-corrected chi connectivity index (χ1v) is 10.3. The number of pyridine rings is 1. The summed E-state index contributed by atoms with van der Waals surface area (Å²) in [5, 5.41) is 13.4. The van der Waals surface area contributed by atoms with Gasteiger partial charge in [0.15, 0.2) is 0 Å². The average molecular weight is 445 g/mol. The molecule has 0 radical (unpaired) electrons. The van der Waals surface area contributed by atoms with E-state index in [1.54, 1.807) is 19.1 Å². The van der Waals surface area contributed by atoms with Crippen LogP contribution < -0.4 is 11.1 Å². The van der Waals surface area contributed by atoms with Gasteiger partial charge in [0.25, 0.3) is 5.91 Å². The highest BCUT2D eigenvalue weighted by atomic mass is 32.1. The number of thiazole rings is 1. The summed E-state index contributed by atoms with van der Waals surface area (Å²) >= 11 is 1.32. The number of fused-ring (bicyclic) bond motifs is 1. The molecule has 0 fully saturated rings. The molecule has 4 rings (SSSR count). The van der Waals surface area contributed by atoms with E-state index in [1.165, 1.54) is 29.5 Å². The van der Waals surface area contributed by atoms with Gasteiger partial charge >= 0.3 is 0 Å². The zero-order valence-electron chi connectivity index (χ0n) is 16.8. The largest absolute Gasteiger partial charge is 0.366 e. The lowest BCUT2D eigenvalue weighted by molar-refractivity contribution is 0.100. The summed E-state index contributed by atoms with van der Waals surface area (Å²) in [6, 6.07) is 14.3. The summed E-state index contributed by atoms with van der Waals surface area (Å²) in [7, 11) is 0. The molecule has 0 saturated heterocycles. The number of halogens is 1. The van der Waals surface area contributed by atoms with Crippen LogP contribution in [-0.2, 0) is 6.42 Å². The molecule has 0 atom stereocenters. The maximum absolute atomic E-state index is 13.6. The third-order valence-electron chi connectivity index (χ3n) is 4.78. The van der Waals surface area contributed by atoms with E-state index in [2.05, 4.69) is 21.4 Å². The van der Waals surface area contributed by atoms with Crippen LogP contribution in [0.4, 0.5) is 9.39 Å². The Hall–Kier alpha value is -4.16. The van der Waals surface area contributed by atoms with Crippen molar-refractivity contribution < 1.29 is 14.0 Å². The van der Waals surface area contributed by atoms with E-state index >= 15 is 0 Å². The first-order chi connectivity index (χ1) is 15.3. The quantitative estimate of drug-likeness (QED) is 0.482. The Labute approximate surface area is 186 Å². The number of nitrogens with two attached hydrogens (primary N) is 1. The van der Waals surface area contributed by atoms with Crippen LogP contribution in [-0.4, -0.2) is 21.8 Å². The van der Waals surface area contributed by atoms with Crippen molar-refractivity contribution >= 4 is 39.1 Å². The number of hydrogen-bond donors (Lipinski definition) is 2. The standard InChI is InChI=1S/C23H16FN5O2S/c1-12-23(32-20(27-12)8-13-2-4-14(11-25)5-3-13)29-22(31)19-10-17(21(26)30)16-7-6-15(24)9-18(16)28-19/h2-7,9-10H,8H2,1H3,(H2,26,30)(H,29,31). The van der Waals surface area contributed by atoms with Gasteiger partial charge in [-0.15, -0.1) is 11.3 Å². The van der Waals surface area contributed by atoms with Gasteiger partial charge in [-0.25, -0.2) is 14.4 Å². The number of aryl methyl sites for hydroxylation is 1. The smallest absolute Gasteiger partial charge is 0.274 e. The van der Waals surface area contributed by atoms with Crippen molar-refractivity contribution in [1.29, 1.82) is 5.26 Å². The number of rotatable bonds is 5. The monoisotopic (exact) mass is 445 g/mol. The van der Waals surface area contributed by atoms with E-state index in [0.29, 0.717) is 28.1 Å². The Morgan fingerprint density at radius 2 is 1.91 bits per heavy atom. The molecule has 158 valence electrons. The van der Waals surface area contributed by atoms with E-state index in [1.807, 2.05) is 12.1 Å². The molecule has 0 bridgehead atoms. The summed E-state index contributed by atoms with van der Waals surface area (Å²) < 4.78 is 13.6. The van der Waals surface area contributed by atoms with Crippen molar-refractivity contribution in [3.8, 4) is 6.07 Å². The van der Waals surface area contributed by atoms with Gasteiger partial charge in [-0.3, -0.25) is 9.59 Å². The topological polar surface area (TPSA) is 122 Å². The zero-order chi connectivity index (χ0) is 22.8. The Balaban J connectivity index is 1.59. The number of primary amides is 1. The van der Waals surface area contributed by atoms with E-state index in [9.17, 15) is 14.0 Å². The predicted molar refractivity (Wildman–Crippen MR) is 119 cm³/mol. The Bertz CT molecular complexity index is 1410. The second kappa shape index (κ2) is 8.53. The highest BCUT2D eigenvalue weighted by Gasteiger charge is 2.18. The van der Waals surface area contributed by atoms with Gasteiger partial charge < -0.3 is 11.1 Å². The summed E-state index contributed by atoms with van der Waals surface area (Å²) in [6.45, 7) is 1.77. The fraction of sp³-hybridized carbons (Fsp3) is 0.0870. The molecular weight excluding hydrogens is 429 g/mol. The number of hydrogen-bond acceptors (Lipinski definition) is 6. The van der Waals surface area contributed by atoms with Crippen molar-refractivity contribution in [3.05, 3.63) is 87.4 Å². The number of carbonyl (C=O) groups is 2. The lowest BCUT2D eigenvalue weighted by Crippen LogP contribution is -2.17. The molecule has 0 saturated carbocycles. The van der Waals surface area contributed by atoms with Crippen molar-refractivity contribution in [2.45, 2.75) is 13.3 Å². The number of nitriles is 1. The van der Waals surface area contributed by atoms with Crippen LogP contribution in [0.2, 0.25) is 0 Å². The first kappa shape index (κ1) is 21.1. The van der Waals surface area contributed by atoms with Crippen molar-refractivity contribution in [2.75, 3.05) is 5.32 Å². The molecule has 9 heteroatoms. The number of carbonyl (C=O) groups excluding carboxylic acids is 2. The van der Waals surface area contributed by atoms with Crippen LogP contribution in [0.15, 0.2) is 48.5 Å². The minimum atomic E-state index is -0.739. The number of nitrogens with zero attached hydrogens (tertiary/aromatic N) is 3. The number of anilines is 1. The number of benzene rings is 2. The van der Waals surface area contributed by atoms with E-state index in [0.717, 1.165) is 16.6 Å². The molecule has 32 heavy (non-hydrogen) atoms. The van der Waals surface area contributed by atoms with Gasteiger partial charge in [-0.05, 0) is 42.8 Å². The Morgan fingerprint density at radius 3 is 2.59 bits per heavy atom. The van der Waals surface area contributed by atoms with Crippen LogP contribution >= 0.6 is 11.3 Å². The second-order valence-electron chi connectivity index (χ2n) is 7.04. The summed E-state index contributed by atoms with van der Waals surface area (Å²) in [6.07, 6.45) is 0.548. The first-order valence-electron chi connectivity index (χ1n) is 9.51. The molecule has 2 heterocycles. The highest BCUT2D eigenvalue weighted by molar-refractivity contribution is 7.16. The third kappa shape index (κ3) is 4.31. The maximum Gasteiger partial charge on any atom is 0.274 e. The zero-order valence-corrected chi connectivity index (χ0v) is 17.7. The molecule has 2 amide bonds. The fourth-order valence-corrected chi connectivity index (χ4v) is 4.20. The van der Waals surface area contributed by atoms with Crippen LogP contribution in [0.5, 0.6) is 0 Å². The van der Waals surface area contributed by atoms with Gasteiger partial charge in [-0.2, -0.15) is 5.26 Å². The molecule has 7 nitrogen and oxygen atoms in total. The van der Waals surface area contributed by atoms with E-state index in [-0.39, 0.29) is 16.8 Å². The Kier molecular flexibility index (Phi) is 5.62. The lowest BCUT2D eigenvalue weighted by atomic mass is 10.1. The Morgan fingerprint density at radius 1 is 1.16 bits per heavy atom. The summed E-state index contributed by atoms with van der Waals surface area (Å²) in [5.41, 5.74) is 7.83. The van der Waals surface area contributed by atoms with Gasteiger partial charge in [0, 0.05) is 17.9 Å². The minimum Gasteiger partial charge on any atom is -0.366 e. The minimum absolute atomic E-state index is 0.0571. The molecular formula is C23H16FN5O2S. The highest BCUT2D eigenvalue weighted by Crippen LogP contribution is 2.27. The van der Waals surface area contributed by atoms with Gasteiger partial charge in [0.1, 0.15) is 16.5 Å². The average Bonchev–Trinajstić information content (AvgIpc) is 3.11. The van der Waals surface area contributed by atoms with Crippen molar-refractivity contribution in [3.63, 3.8) is 0 Å². The molecule has 0 spiro atoms. The molecule has 0 aliphatic heterocycles. The van der Waals surface area contributed by atoms with Crippen LogP contribution in [0, 0.1) is 24.1 Å². The van der Waals surface area contributed by atoms with Crippen LogP contribution in [0.25, 0.3) is 10.9 Å². The molecule has 0 unspecified atom stereocenters. The molecule has 4 aromatic rings. The van der Waals surface area contributed by atoms with Crippen LogP contribution in [0.1, 0.15) is 42.7 Å². The SMILES string of the molecule is Cc1nc(Cc2ccc(C#N)cc2)sc1NC(=O)c1cc(C(N)=O)c2ccc(F)cc2n1. The van der Waals surface area contributed by atoms with Gasteiger partial charge in [0.2, 0.25) is 5.91 Å². The third-order valence-corrected chi connectivity index (χ3v) is 5.85. The van der Waals surface area contributed by atoms with Gasteiger partial charge in [-0.1, -0.05) is 12.1 Å². The maximum atomic E-state index is 13.6. The van der Waals surface area contributed by atoms with Crippen molar-refractivity contribution in [2.24, 2.45) is 5.73 Å². The van der Waals surface area contributed by atoms with Gasteiger partial charge in [0.05, 0.1) is 33.4 Å². The van der Waals surface area contributed by atoms with E-state index < -0.39 is 17.6 Å². The second-order valence-corrected chi connectivity index (χ2v) is 8.13. The number of amides is 2. The summed E-state index contributed by atoms with van der Waals surface area (Å²) in [4.78, 5) is 33.4. The van der Waals surface area contributed by atoms with Crippen molar-refractivity contribution in [1.82, 2.24) is 9.97 Å². The predicted octanol–water partition coefficient (Wildman–Crippen LogP) is 3.95. The summed E-state index contributed by atoms with van der Waals surface area (Å²) in [5.74, 6) is -1.84. The molecule has 0 aliphatic carbocycles.